The van der Waals surface area contributed by atoms with E-state index < -0.39 is 0 Å². The summed E-state index contributed by atoms with van der Waals surface area (Å²) in [7, 11) is 1.83. The first-order chi connectivity index (χ1) is 9.63. The lowest BCUT2D eigenvalue weighted by atomic mass is 10.0. The van der Waals surface area contributed by atoms with E-state index in [9.17, 15) is 0 Å². The van der Waals surface area contributed by atoms with Crippen molar-refractivity contribution in [3.8, 4) is 0 Å². The lowest BCUT2D eigenvalue weighted by molar-refractivity contribution is 0.422. The number of nitrogens with zero attached hydrogens (tertiary/aromatic N) is 1. The number of aliphatic imine (C=N–C) groups is 1. The van der Waals surface area contributed by atoms with Gasteiger partial charge in [-0.05, 0) is 63.0 Å². The zero-order chi connectivity index (χ0) is 14.2. The molecule has 1 atom stereocenters. The van der Waals surface area contributed by atoms with E-state index in [0.717, 1.165) is 29.9 Å². The second-order valence-electron chi connectivity index (χ2n) is 6.38. The first-order valence-electron chi connectivity index (χ1n) is 7.66. The number of rotatable bonds is 5. The van der Waals surface area contributed by atoms with Crippen LogP contribution < -0.4 is 10.6 Å². The largest absolute Gasteiger partial charge is 0.464 e. The van der Waals surface area contributed by atoms with Crippen LogP contribution in [-0.2, 0) is 0 Å². The quantitative estimate of drug-likeness (QED) is 0.449. The Kier molecular flexibility index (Phi) is 5.22. The van der Waals surface area contributed by atoms with E-state index in [0.29, 0.717) is 5.41 Å². The maximum atomic E-state index is 5.65. The normalized spacial score (nSPS) is 21.4. The fourth-order valence-electron chi connectivity index (χ4n) is 3.00. The molecule has 2 N–H and O–H groups in total. The molecule has 0 bridgehead atoms. The van der Waals surface area contributed by atoms with Crippen molar-refractivity contribution < 1.29 is 4.42 Å². The molecule has 2 aliphatic carbocycles. The van der Waals surface area contributed by atoms with Gasteiger partial charge in [-0.2, -0.15) is 0 Å². The van der Waals surface area contributed by atoms with Crippen molar-refractivity contribution in [2.45, 2.75) is 45.6 Å². The van der Waals surface area contributed by atoms with Gasteiger partial charge in [-0.3, -0.25) is 4.99 Å². The molecule has 1 heterocycles. The summed E-state index contributed by atoms with van der Waals surface area (Å²) in [4.78, 5) is 4.32. The maximum Gasteiger partial charge on any atom is 0.191 e. The third-order valence-corrected chi connectivity index (χ3v) is 4.71. The van der Waals surface area contributed by atoms with Crippen molar-refractivity contribution in [2.24, 2.45) is 16.3 Å². The summed E-state index contributed by atoms with van der Waals surface area (Å²) < 4.78 is 5.65. The minimum atomic E-state index is 0. The molecule has 5 heteroatoms. The molecule has 0 amide bonds. The van der Waals surface area contributed by atoms with Gasteiger partial charge in [-0.25, -0.2) is 0 Å². The van der Waals surface area contributed by atoms with E-state index in [2.05, 4.69) is 22.5 Å². The van der Waals surface area contributed by atoms with Gasteiger partial charge < -0.3 is 15.1 Å². The van der Waals surface area contributed by atoms with Crippen molar-refractivity contribution in [3.63, 3.8) is 0 Å². The number of halogens is 1. The molecule has 118 valence electrons. The molecule has 3 rings (SSSR count). The van der Waals surface area contributed by atoms with Gasteiger partial charge in [0.2, 0.25) is 0 Å². The van der Waals surface area contributed by atoms with Gasteiger partial charge in [-0.15, -0.1) is 24.0 Å². The average Bonchev–Trinajstić information content (AvgIpc) is 3.33. The Labute approximate surface area is 144 Å². The van der Waals surface area contributed by atoms with Crippen LogP contribution >= 0.6 is 24.0 Å². The van der Waals surface area contributed by atoms with Gasteiger partial charge in [0.05, 0.1) is 6.04 Å². The van der Waals surface area contributed by atoms with E-state index in [-0.39, 0.29) is 30.0 Å². The number of nitrogens with one attached hydrogen (secondary N) is 2. The summed E-state index contributed by atoms with van der Waals surface area (Å²) >= 11 is 0. The van der Waals surface area contributed by atoms with Gasteiger partial charge in [0.25, 0.3) is 0 Å². The Morgan fingerprint density at radius 1 is 1.43 bits per heavy atom. The van der Waals surface area contributed by atoms with Gasteiger partial charge in [0.15, 0.2) is 5.96 Å². The van der Waals surface area contributed by atoms with Crippen LogP contribution in [-0.4, -0.2) is 19.6 Å². The SMILES string of the molecule is CN=C(NCC1(C2CC2)CC1)NC(C)c1ccc(C)o1.I. The molecule has 2 saturated carbocycles. The number of guanidine groups is 1. The first-order valence-corrected chi connectivity index (χ1v) is 7.66. The fourth-order valence-corrected chi connectivity index (χ4v) is 3.00. The molecule has 0 aromatic carbocycles. The maximum absolute atomic E-state index is 5.65. The fraction of sp³-hybridized carbons (Fsp3) is 0.688. The van der Waals surface area contributed by atoms with Gasteiger partial charge in [0, 0.05) is 13.6 Å². The standard InChI is InChI=1S/C16H25N3O.HI/c1-11-4-7-14(20-11)12(2)19-15(17-3)18-10-16(8-9-16)13-5-6-13;/h4,7,12-13H,5-6,8-10H2,1-3H3,(H2,17,18,19);1H. The van der Waals surface area contributed by atoms with E-state index >= 15 is 0 Å². The Morgan fingerprint density at radius 2 is 2.14 bits per heavy atom. The highest BCUT2D eigenvalue weighted by Crippen LogP contribution is 2.60. The van der Waals surface area contributed by atoms with Crippen LogP contribution in [0.3, 0.4) is 0 Å². The predicted octanol–water partition coefficient (Wildman–Crippen LogP) is 3.62. The van der Waals surface area contributed by atoms with E-state index in [1.807, 2.05) is 26.1 Å². The number of hydrogen-bond donors (Lipinski definition) is 2. The van der Waals surface area contributed by atoms with E-state index in [1.54, 1.807) is 0 Å². The molecule has 0 radical (unpaired) electrons. The van der Waals surface area contributed by atoms with E-state index in [1.165, 1.54) is 25.7 Å². The van der Waals surface area contributed by atoms with Gasteiger partial charge >= 0.3 is 0 Å². The molecule has 1 unspecified atom stereocenters. The molecule has 21 heavy (non-hydrogen) atoms. The molecular formula is C16H26IN3O. The smallest absolute Gasteiger partial charge is 0.191 e. The van der Waals surface area contributed by atoms with Crippen molar-refractivity contribution in [1.29, 1.82) is 0 Å². The van der Waals surface area contributed by atoms with Crippen LogP contribution in [0.4, 0.5) is 0 Å². The Hall–Kier alpha value is -0.720. The molecule has 0 saturated heterocycles. The lowest BCUT2D eigenvalue weighted by Gasteiger charge is -2.20. The molecule has 4 nitrogen and oxygen atoms in total. The molecule has 2 fully saturated rings. The second kappa shape index (κ2) is 6.58. The van der Waals surface area contributed by atoms with Crippen molar-refractivity contribution in [3.05, 3.63) is 23.7 Å². The summed E-state index contributed by atoms with van der Waals surface area (Å²) in [5, 5.41) is 6.90. The molecule has 0 aliphatic heterocycles. The second-order valence-corrected chi connectivity index (χ2v) is 6.38. The summed E-state index contributed by atoms with van der Waals surface area (Å²) in [6, 6.07) is 4.15. The molecule has 2 aliphatic rings. The monoisotopic (exact) mass is 403 g/mol. The highest BCUT2D eigenvalue weighted by molar-refractivity contribution is 14.0. The summed E-state index contributed by atoms with van der Waals surface area (Å²) in [5.74, 6) is 3.74. The highest BCUT2D eigenvalue weighted by atomic mass is 127. The Morgan fingerprint density at radius 3 is 2.62 bits per heavy atom. The summed E-state index contributed by atoms with van der Waals surface area (Å²) in [6.07, 6.45) is 5.62. The summed E-state index contributed by atoms with van der Waals surface area (Å²) in [5.41, 5.74) is 0.585. The van der Waals surface area contributed by atoms with Crippen molar-refractivity contribution in [1.82, 2.24) is 10.6 Å². The number of furan rings is 1. The lowest BCUT2D eigenvalue weighted by Crippen LogP contribution is -2.41. The van der Waals surface area contributed by atoms with Crippen LogP contribution in [0.2, 0.25) is 0 Å². The van der Waals surface area contributed by atoms with Crippen LogP contribution in [0.25, 0.3) is 0 Å². The number of aryl methyl sites for hydroxylation is 1. The topological polar surface area (TPSA) is 49.6 Å². The van der Waals surface area contributed by atoms with Crippen molar-refractivity contribution >= 4 is 29.9 Å². The average molecular weight is 403 g/mol. The highest BCUT2D eigenvalue weighted by Gasteiger charge is 2.53. The van der Waals surface area contributed by atoms with Crippen molar-refractivity contribution in [2.75, 3.05) is 13.6 Å². The molecule has 0 spiro atoms. The zero-order valence-corrected chi connectivity index (χ0v) is 15.4. The van der Waals surface area contributed by atoms with Crippen LogP contribution in [0.15, 0.2) is 21.5 Å². The van der Waals surface area contributed by atoms with Crippen LogP contribution in [0.1, 0.15) is 50.2 Å². The minimum absolute atomic E-state index is 0. The van der Waals surface area contributed by atoms with Crippen LogP contribution in [0.5, 0.6) is 0 Å². The summed E-state index contributed by atoms with van der Waals surface area (Å²) in [6.45, 7) is 5.12. The molecule has 1 aromatic heterocycles. The van der Waals surface area contributed by atoms with E-state index in [4.69, 9.17) is 4.42 Å². The Balaban J connectivity index is 0.00000161. The molecule has 1 aromatic rings. The van der Waals surface area contributed by atoms with Gasteiger partial charge in [0.1, 0.15) is 11.5 Å². The van der Waals surface area contributed by atoms with Crippen LogP contribution in [0, 0.1) is 18.3 Å². The number of hydrogen-bond acceptors (Lipinski definition) is 2. The third-order valence-electron chi connectivity index (χ3n) is 4.71. The van der Waals surface area contributed by atoms with Gasteiger partial charge in [-0.1, -0.05) is 0 Å². The zero-order valence-electron chi connectivity index (χ0n) is 13.1. The predicted molar refractivity (Wildman–Crippen MR) is 96.2 cm³/mol. The molecular weight excluding hydrogens is 377 g/mol. The Bertz CT molecular complexity index is 503. The third kappa shape index (κ3) is 3.93. The minimum Gasteiger partial charge on any atom is -0.464 e. The first kappa shape index (κ1) is 16.6.